The van der Waals surface area contributed by atoms with Crippen LogP contribution in [0.4, 0.5) is 4.39 Å². The van der Waals surface area contributed by atoms with Crippen LogP contribution < -0.4 is 5.73 Å². The van der Waals surface area contributed by atoms with E-state index in [4.69, 9.17) is 5.73 Å². The highest BCUT2D eigenvalue weighted by atomic mass is 19.1. The maximum atomic E-state index is 14.1. The molecular formula is C10H18FN3. The van der Waals surface area contributed by atoms with Gasteiger partial charge < -0.3 is 5.73 Å². The summed E-state index contributed by atoms with van der Waals surface area (Å²) in [7, 11) is 0. The van der Waals surface area contributed by atoms with Crippen LogP contribution in [-0.2, 0) is 12.2 Å². The maximum Gasteiger partial charge on any atom is 0.150 e. The van der Waals surface area contributed by atoms with Gasteiger partial charge >= 0.3 is 0 Å². The minimum absolute atomic E-state index is 0.0152. The van der Waals surface area contributed by atoms with Gasteiger partial charge in [0.05, 0.1) is 6.20 Å². The van der Waals surface area contributed by atoms with Gasteiger partial charge in [0.2, 0.25) is 0 Å². The Kier molecular flexibility index (Phi) is 3.63. The van der Waals surface area contributed by atoms with Gasteiger partial charge in [0.1, 0.15) is 0 Å². The van der Waals surface area contributed by atoms with Crippen molar-refractivity contribution in [3.63, 3.8) is 0 Å². The van der Waals surface area contributed by atoms with Gasteiger partial charge in [-0.05, 0) is 12.8 Å². The molecule has 0 amide bonds. The highest BCUT2D eigenvalue weighted by Gasteiger charge is 2.29. The van der Waals surface area contributed by atoms with Gasteiger partial charge in [0.25, 0.3) is 0 Å². The Morgan fingerprint density at radius 3 is 2.79 bits per heavy atom. The minimum atomic E-state index is -1.41. The summed E-state index contributed by atoms with van der Waals surface area (Å²) in [4.78, 5) is 0. The van der Waals surface area contributed by atoms with Gasteiger partial charge in [-0.3, -0.25) is 4.68 Å². The molecule has 1 aromatic heterocycles. The van der Waals surface area contributed by atoms with Gasteiger partial charge in [0, 0.05) is 24.8 Å². The number of halogens is 1. The molecule has 0 saturated carbocycles. The monoisotopic (exact) mass is 199 g/mol. The van der Waals surface area contributed by atoms with Crippen LogP contribution in [0.5, 0.6) is 0 Å². The van der Waals surface area contributed by atoms with Crippen LogP contribution in [0.1, 0.15) is 32.3 Å². The fourth-order valence-corrected chi connectivity index (χ4v) is 1.41. The lowest BCUT2D eigenvalue weighted by atomic mass is 9.96. The molecule has 2 N–H and O–H groups in total. The van der Waals surface area contributed by atoms with E-state index in [1.807, 2.05) is 0 Å². The number of hydrogen-bond donors (Lipinski definition) is 1. The summed E-state index contributed by atoms with van der Waals surface area (Å²) in [5.74, 6) is 0. The van der Waals surface area contributed by atoms with Gasteiger partial charge in [-0.15, -0.1) is 0 Å². The Morgan fingerprint density at radius 2 is 2.29 bits per heavy atom. The zero-order valence-corrected chi connectivity index (χ0v) is 8.83. The number of aromatic nitrogens is 2. The number of rotatable bonds is 5. The molecule has 1 heterocycles. The number of aryl methyl sites for hydroxylation is 1. The van der Waals surface area contributed by atoms with Crippen molar-refractivity contribution in [2.45, 2.75) is 38.9 Å². The average molecular weight is 199 g/mol. The summed E-state index contributed by atoms with van der Waals surface area (Å²) in [5.41, 5.74) is 4.60. The minimum Gasteiger partial charge on any atom is -0.327 e. The highest BCUT2D eigenvalue weighted by molar-refractivity contribution is 5.15. The Labute approximate surface area is 84.1 Å². The molecule has 0 aliphatic carbocycles. The van der Waals surface area contributed by atoms with E-state index in [0.717, 1.165) is 13.0 Å². The van der Waals surface area contributed by atoms with Gasteiger partial charge in [-0.25, -0.2) is 4.39 Å². The fraction of sp³-hybridized carbons (Fsp3) is 0.700. The van der Waals surface area contributed by atoms with Crippen LogP contribution in [0.25, 0.3) is 0 Å². The molecule has 3 nitrogen and oxygen atoms in total. The van der Waals surface area contributed by atoms with E-state index in [1.165, 1.54) is 0 Å². The smallest absolute Gasteiger partial charge is 0.150 e. The van der Waals surface area contributed by atoms with Crippen molar-refractivity contribution in [3.05, 3.63) is 18.0 Å². The van der Waals surface area contributed by atoms with Crippen molar-refractivity contribution in [2.24, 2.45) is 5.73 Å². The molecule has 80 valence electrons. The van der Waals surface area contributed by atoms with Gasteiger partial charge in [-0.2, -0.15) is 5.10 Å². The van der Waals surface area contributed by atoms with Crippen molar-refractivity contribution < 1.29 is 4.39 Å². The van der Waals surface area contributed by atoms with E-state index in [2.05, 4.69) is 12.0 Å². The number of hydrogen-bond acceptors (Lipinski definition) is 2. The number of nitrogens with two attached hydrogens (primary N) is 1. The molecule has 0 spiro atoms. The molecule has 0 aliphatic rings. The SMILES string of the molecule is CCCn1cc(C(F)(CC)CN)cn1. The van der Waals surface area contributed by atoms with E-state index >= 15 is 0 Å². The zero-order chi connectivity index (χ0) is 10.6. The summed E-state index contributed by atoms with van der Waals surface area (Å²) in [5, 5.41) is 4.09. The molecular weight excluding hydrogens is 181 g/mol. The largest absolute Gasteiger partial charge is 0.327 e. The Morgan fingerprint density at radius 1 is 1.57 bits per heavy atom. The van der Waals surface area contributed by atoms with E-state index < -0.39 is 5.67 Å². The summed E-state index contributed by atoms with van der Waals surface area (Å²) in [6, 6.07) is 0. The predicted molar refractivity (Wildman–Crippen MR) is 54.6 cm³/mol. The first-order valence-electron chi connectivity index (χ1n) is 5.08. The van der Waals surface area contributed by atoms with Gasteiger partial charge in [-0.1, -0.05) is 13.8 Å². The van der Waals surface area contributed by atoms with E-state index in [0.29, 0.717) is 12.0 Å². The molecule has 0 bridgehead atoms. The summed E-state index contributed by atoms with van der Waals surface area (Å²) in [6.07, 6.45) is 4.71. The van der Waals surface area contributed by atoms with Crippen molar-refractivity contribution in [1.29, 1.82) is 0 Å². The van der Waals surface area contributed by atoms with Crippen LogP contribution in [0.3, 0.4) is 0 Å². The molecule has 0 saturated heterocycles. The van der Waals surface area contributed by atoms with Crippen molar-refractivity contribution >= 4 is 0 Å². The zero-order valence-electron chi connectivity index (χ0n) is 8.83. The topological polar surface area (TPSA) is 43.8 Å². The normalized spacial score (nSPS) is 15.4. The molecule has 1 atom stereocenters. The first-order valence-corrected chi connectivity index (χ1v) is 5.08. The van der Waals surface area contributed by atoms with E-state index in [-0.39, 0.29) is 6.54 Å². The quantitative estimate of drug-likeness (QED) is 0.786. The van der Waals surface area contributed by atoms with Crippen molar-refractivity contribution in [2.75, 3.05) is 6.54 Å². The molecule has 0 fully saturated rings. The second kappa shape index (κ2) is 4.55. The standard InChI is InChI=1S/C10H18FN3/c1-3-5-14-7-9(6-13-14)10(11,4-2)8-12/h6-7H,3-5,8,12H2,1-2H3. The molecule has 1 unspecified atom stereocenters. The third-order valence-corrected chi connectivity index (χ3v) is 2.49. The summed E-state index contributed by atoms with van der Waals surface area (Å²) in [6.45, 7) is 4.70. The lowest BCUT2D eigenvalue weighted by molar-refractivity contribution is 0.169. The molecule has 0 radical (unpaired) electrons. The van der Waals surface area contributed by atoms with E-state index in [1.54, 1.807) is 24.0 Å². The predicted octanol–water partition coefficient (Wildman–Crippen LogP) is 1.83. The Balaban J connectivity index is 2.84. The second-order valence-corrected chi connectivity index (χ2v) is 3.52. The number of nitrogens with zero attached hydrogens (tertiary/aromatic N) is 2. The summed E-state index contributed by atoms with van der Waals surface area (Å²) < 4.78 is 15.8. The summed E-state index contributed by atoms with van der Waals surface area (Å²) >= 11 is 0. The van der Waals surface area contributed by atoms with Gasteiger partial charge in [0.15, 0.2) is 5.67 Å². The molecule has 1 rings (SSSR count). The lowest BCUT2D eigenvalue weighted by Crippen LogP contribution is -2.29. The molecule has 0 aliphatic heterocycles. The third kappa shape index (κ3) is 2.12. The average Bonchev–Trinajstić information content (AvgIpc) is 2.66. The van der Waals surface area contributed by atoms with Crippen LogP contribution in [-0.4, -0.2) is 16.3 Å². The highest BCUT2D eigenvalue weighted by Crippen LogP contribution is 2.27. The van der Waals surface area contributed by atoms with Crippen molar-refractivity contribution in [3.8, 4) is 0 Å². The molecule has 0 aromatic carbocycles. The molecule has 1 aromatic rings. The third-order valence-electron chi connectivity index (χ3n) is 2.49. The Bertz CT molecular complexity index is 279. The Hall–Kier alpha value is -0.900. The molecule has 14 heavy (non-hydrogen) atoms. The first kappa shape index (κ1) is 11.2. The van der Waals surface area contributed by atoms with Crippen LogP contribution >= 0.6 is 0 Å². The fourth-order valence-electron chi connectivity index (χ4n) is 1.41. The maximum absolute atomic E-state index is 14.1. The second-order valence-electron chi connectivity index (χ2n) is 3.52. The number of alkyl halides is 1. The molecule has 4 heteroatoms. The van der Waals surface area contributed by atoms with Crippen LogP contribution in [0.2, 0.25) is 0 Å². The van der Waals surface area contributed by atoms with Crippen LogP contribution in [0, 0.1) is 0 Å². The van der Waals surface area contributed by atoms with Crippen LogP contribution in [0.15, 0.2) is 12.4 Å². The van der Waals surface area contributed by atoms with Crippen molar-refractivity contribution in [1.82, 2.24) is 9.78 Å². The first-order chi connectivity index (χ1) is 6.66. The lowest BCUT2D eigenvalue weighted by Gasteiger charge is -2.19. The van der Waals surface area contributed by atoms with E-state index in [9.17, 15) is 4.39 Å².